The number of carbonyl (C=O) groups is 2. The molecule has 1 amide bonds. The number of carbonyl (C=O) groups excluding carboxylic acids is 2. The second kappa shape index (κ2) is 10.9. The van der Waals surface area contributed by atoms with Crippen LogP contribution in [0.5, 0.6) is 5.75 Å². The van der Waals surface area contributed by atoms with Gasteiger partial charge in [-0.2, -0.15) is 0 Å². The summed E-state index contributed by atoms with van der Waals surface area (Å²) < 4.78 is 12.2. The molecule has 0 radical (unpaired) electrons. The molecule has 190 valence electrons. The molecule has 4 aromatic rings. The average molecular weight is 519 g/mol. The molecular formula is C27H26N4O5S. The molecule has 2 aromatic heterocycles. The maximum Gasteiger partial charge on any atom is 0.338 e. The highest BCUT2D eigenvalue weighted by atomic mass is 32.1. The number of hydrogen-bond acceptors (Lipinski definition) is 8. The molecule has 10 heteroatoms. The highest BCUT2D eigenvalue weighted by Gasteiger charge is 2.40. The molecule has 37 heavy (non-hydrogen) atoms. The van der Waals surface area contributed by atoms with Gasteiger partial charge in [-0.1, -0.05) is 41.6 Å². The van der Waals surface area contributed by atoms with Crippen LogP contribution in [-0.4, -0.2) is 56.6 Å². The van der Waals surface area contributed by atoms with E-state index < -0.39 is 18.1 Å². The summed E-state index contributed by atoms with van der Waals surface area (Å²) in [5.41, 5.74) is 1.81. The zero-order valence-electron chi connectivity index (χ0n) is 20.1. The van der Waals surface area contributed by atoms with Crippen LogP contribution >= 0.6 is 11.3 Å². The number of aromatic nitrogens is 3. The fraction of sp³-hybridized carbons (Fsp3) is 0.259. The number of rotatable bonds is 7. The summed E-state index contributed by atoms with van der Waals surface area (Å²) >= 11 is 1.38. The van der Waals surface area contributed by atoms with Crippen molar-refractivity contribution in [2.45, 2.75) is 31.2 Å². The highest BCUT2D eigenvalue weighted by molar-refractivity contribution is 7.12. The number of amides is 1. The predicted octanol–water partition coefficient (Wildman–Crippen LogP) is 3.89. The molecule has 5 rings (SSSR count). The Morgan fingerprint density at radius 3 is 2.57 bits per heavy atom. The Hall–Kier alpha value is -4.02. The molecule has 0 unspecified atom stereocenters. The highest BCUT2D eigenvalue weighted by Crippen LogP contribution is 2.37. The van der Waals surface area contributed by atoms with E-state index in [1.165, 1.54) is 11.3 Å². The van der Waals surface area contributed by atoms with Crippen molar-refractivity contribution < 1.29 is 24.2 Å². The minimum absolute atomic E-state index is 0.0527. The lowest BCUT2D eigenvalue weighted by Gasteiger charge is -2.42. The summed E-state index contributed by atoms with van der Waals surface area (Å²) in [6.45, 7) is 0.185. The molecule has 0 bridgehead atoms. The molecule has 0 spiro atoms. The molecule has 3 heterocycles. The van der Waals surface area contributed by atoms with E-state index in [2.05, 4.69) is 10.3 Å². The number of aliphatic hydroxyl groups is 1. The first-order valence-corrected chi connectivity index (χ1v) is 12.7. The van der Waals surface area contributed by atoms with E-state index in [0.29, 0.717) is 22.6 Å². The Morgan fingerprint density at radius 2 is 1.86 bits per heavy atom. The van der Waals surface area contributed by atoms with Crippen LogP contribution in [0, 0.1) is 0 Å². The number of likely N-dealkylation sites (tertiary alicyclic amines) is 1. The van der Waals surface area contributed by atoms with Crippen LogP contribution in [0.1, 0.15) is 49.8 Å². The molecule has 3 atom stereocenters. The number of benzene rings is 2. The lowest BCUT2D eigenvalue weighted by atomic mass is 9.90. The third kappa shape index (κ3) is 5.40. The molecule has 9 nitrogen and oxygen atoms in total. The van der Waals surface area contributed by atoms with Crippen molar-refractivity contribution >= 4 is 23.2 Å². The van der Waals surface area contributed by atoms with Gasteiger partial charge in [-0.3, -0.25) is 4.79 Å². The predicted molar refractivity (Wildman–Crippen MR) is 136 cm³/mol. The van der Waals surface area contributed by atoms with Crippen molar-refractivity contribution in [1.82, 2.24) is 19.9 Å². The zero-order chi connectivity index (χ0) is 25.8. The maximum absolute atomic E-state index is 13.5. The van der Waals surface area contributed by atoms with Crippen LogP contribution < -0.4 is 4.74 Å². The Balaban J connectivity index is 1.34. The summed E-state index contributed by atoms with van der Waals surface area (Å²) in [5, 5.41) is 21.3. The van der Waals surface area contributed by atoms with Crippen molar-refractivity contribution in [3.05, 3.63) is 100 Å². The van der Waals surface area contributed by atoms with Gasteiger partial charge in [0.2, 0.25) is 0 Å². The van der Waals surface area contributed by atoms with Gasteiger partial charge in [-0.05, 0) is 41.3 Å². The van der Waals surface area contributed by atoms with Gasteiger partial charge in [0.25, 0.3) is 5.91 Å². The number of hydrogen-bond donors (Lipinski definition) is 1. The Labute approximate surface area is 217 Å². The third-order valence-electron chi connectivity index (χ3n) is 6.42. The maximum atomic E-state index is 13.5. The van der Waals surface area contributed by atoms with Gasteiger partial charge in [-0.15, -0.1) is 16.4 Å². The first kappa shape index (κ1) is 24.7. The van der Waals surface area contributed by atoms with E-state index in [1.54, 1.807) is 53.2 Å². The SMILES string of the molecule is COc1ccc([C@H]2C[C@@H](O)[C@H](n3cc(COC(=O)c4ccccc4)nn3)CN2C(=O)c2cccs2)cc1. The normalized spacial score (nSPS) is 19.4. The van der Waals surface area contributed by atoms with Gasteiger partial charge < -0.3 is 19.5 Å². The third-order valence-corrected chi connectivity index (χ3v) is 7.28. The Morgan fingerprint density at radius 1 is 1.08 bits per heavy atom. The van der Waals surface area contributed by atoms with Gasteiger partial charge in [-0.25, -0.2) is 9.48 Å². The first-order valence-electron chi connectivity index (χ1n) is 11.8. The monoisotopic (exact) mass is 518 g/mol. The number of thiophene rings is 1. The molecular weight excluding hydrogens is 492 g/mol. The number of nitrogens with zero attached hydrogens (tertiary/aromatic N) is 4. The van der Waals surface area contributed by atoms with Crippen molar-refractivity contribution in [3.8, 4) is 5.75 Å². The Kier molecular flexibility index (Phi) is 7.29. The number of ether oxygens (including phenoxy) is 2. The van der Waals surface area contributed by atoms with E-state index in [0.717, 1.165) is 11.3 Å². The topological polar surface area (TPSA) is 107 Å². The largest absolute Gasteiger partial charge is 0.497 e. The summed E-state index contributed by atoms with van der Waals surface area (Å²) in [7, 11) is 1.60. The van der Waals surface area contributed by atoms with Crippen LogP contribution in [0.15, 0.2) is 78.3 Å². The molecule has 1 aliphatic rings. The second-order valence-electron chi connectivity index (χ2n) is 8.73. The van der Waals surface area contributed by atoms with Gasteiger partial charge in [0.05, 0.1) is 41.9 Å². The summed E-state index contributed by atoms with van der Waals surface area (Å²) in [6, 6.07) is 19.0. The minimum atomic E-state index is -0.777. The van der Waals surface area contributed by atoms with Crippen LogP contribution in [0.4, 0.5) is 0 Å². The Bertz CT molecular complexity index is 1340. The standard InChI is InChI=1S/C27H26N4O5S/c1-35-21-11-9-18(10-12-21)22-14-24(32)23(16-30(22)26(33)25-8-5-13-37-25)31-15-20(28-29-31)17-36-27(34)19-6-3-2-4-7-19/h2-13,15,22-24,32H,14,16-17H2,1H3/t22-,23-,24-/m1/s1. The fourth-order valence-electron chi connectivity index (χ4n) is 4.47. The van der Waals surface area contributed by atoms with Crippen LogP contribution in [-0.2, 0) is 11.3 Å². The summed E-state index contributed by atoms with van der Waals surface area (Å²) in [5.74, 6) is 0.157. The number of piperidine rings is 1. The van der Waals surface area contributed by atoms with Crippen LogP contribution in [0.2, 0.25) is 0 Å². The second-order valence-corrected chi connectivity index (χ2v) is 9.67. The molecule has 1 fully saturated rings. The van der Waals surface area contributed by atoms with Crippen molar-refractivity contribution in [3.63, 3.8) is 0 Å². The van der Waals surface area contributed by atoms with Gasteiger partial charge in [0.15, 0.2) is 0 Å². The molecule has 1 aliphatic heterocycles. The minimum Gasteiger partial charge on any atom is -0.497 e. The van der Waals surface area contributed by atoms with Gasteiger partial charge in [0.1, 0.15) is 18.1 Å². The number of aliphatic hydroxyl groups excluding tert-OH is 1. The van der Waals surface area contributed by atoms with Gasteiger partial charge >= 0.3 is 5.97 Å². The lowest BCUT2D eigenvalue weighted by molar-refractivity contribution is -0.00170. The van der Waals surface area contributed by atoms with E-state index in [-0.39, 0.29) is 25.1 Å². The first-order chi connectivity index (χ1) is 18.0. The molecule has 0 saturated carbocycles. The van der Waals surface area contributed by atoms with Crippen LogP contribution in [0.3, 0.4) is 0 Å². The van der Waals surface area contributed by atoms with E-state index in [4.69, 9.17) is 9.47 Å². The van der Waals surface area contributed by atoms with E-state index in [9.17, 15) is 14.7 Å². The smallest absolute Gasteiger partial charge is 0.338 e. The number of esters is 1. The van der Waals surface area contributed by atoms with Gasteiger partial charge in [0, 0.05) is 13.0 Å². The van der Waals surface area contributed by atoms with Crippen molar-refractivity contribution in [2.75, 3.05) is 13.7 Å². The van der Waals surface area contributed by atoms with Crippen molar-refractivity contribution in [2.24, 2.45) is 0 Å². The molecule has 0 aliphatic carbocycles. The fourth-order valence-corrected chi connectivity index (χ4v) is 5.15. The molecule has 1 saturated heterocycles. The van der Waals surface area contributed by atoms with Crippen LogP contribution in [0.25, 0.3) is 0 Å². The zero-order valence-corrected chi connectivity index (χ0v) is 21.0. The summed E-state index contributed by atoms with van der Waals surface area (Å²) in [4.78, 5) is 28.2. The molecule has 2 aromatic carbocycles. The van der Waals surface area contributed by atoms with Crippen molar-refractivity contribution in [1.29, 1.82) is 0 Å². The quantitative estimate of drug-likeness (QED) is 0.370. The summed E-state index contributed by atoms with van der Waals surface area (Å²) in [6.07, 6.45) is 1.20. The van der Waals surface area contributed by atoms with E-state index in [1.807, 2.05) is 41.8 Å². The van der Waals surface area contributed by atoms with E-state index >= 15 is 0 Å². The average Bonchev–Trinajstić information content (AvgIpc) is 3.65. The number of methoxy groups -OCH3 is 1. The molecule has 1 N–H and O–H groups in total. The lowest BCUT2D eigenvalue weighted by Crippen LogP contribution is -2.48.